The smallest absolute Gasteiger partial charge is 0.275 e. The van der Waals surface area contributed by atoms with Gasteiger partial charge in [-0.05, 0) is 6.92 Å². The Bertz CT molecular complexity index is 35.8. The molecule has 3 nitrogen and oxygen atoms in total. The summed E-state index contributed by atoms with van der Waals surface area (Å²) < 4.78 is 0. The van der Waals surface area contributed by atoms with E-state index in [-0.39, 0.29) is 0 Å². The minimum absolute atomic E-state index is 0.562. The van der Waals surface area contributed by atoms with Crippen LogP contribution in [0.2, 0.25) is 0 Å². The fraction of sp³-hybridized carbons (Fsp3) is 0.667. The summed E-state index contributed by atoms with van der Waals surface area (Å²) in [5.74, 6) is -2.68. The van der Waals surface area contributed by atoms with Gasteiger partial charge in [0.05, 0.1) is 0 Å². The van der Waals surface area contributed by atoms with Gasteiger partial charge in [-0.2, -0.15) is 0 Å². The number of aliphatic hydroxyl groups is 3. The SMILES string of the molecule is [CH]CC(O)(O)O. The predicted octanol–water partition coefficient (Wildman–Crippen LogP) is -1.28. The summed E-state index contributed by atoms with van der Waals surface area (Å²) in [7, 11) is 0. The molecule has 0 aliphatic rings. The molecule has 0 saturated carbocycles. The van der Waals surface area contributed by atoms with Gasteiger partial charge in [-0.3, -0.25) is 0 Å². The largest absolute Gasteiger partial charge is 0.344 e. The third kappa shape index (κ3) is 3.88. The van der Waals surface area contributed by atoms with E-state index in [4.69, 9.17) is 15.3 Å². The Morgan fingerprint density at radius 1 is 1.33 bits per heavy atom. The number of hydrogen-bond acceptors (Lipinski definition) is 3. The topological polar surface area (TPSA) is 60.7 Å². The molecule has 0 atom stereocenters. The van der Waals surface area contributed by atoms with E-state index in [0.29, 0.717) is 0 Å². The Balaban J connectivity index is 3.17. The third-order valence-corrected chi connectivity index (χ3v) is 0.274. The van der Waals surface area contributed by atoms with Gasteiger partial charge in [-0.15, -0.1) is 0 Å². The van der Waals surface area contributed by atoms with Crippen molar-refractivity contribution in [2.45, 2.75) is 12.4 Å². The highest BCUT2D eigenvalue weighted by Crippen LogP contribution is 1.94. The highest BCUT2D eigenvalue weighted by molar-refractivity contribution is 4.45. The van der Waals surface area contributed by atoms with Crippen LogP contribution in [0.15, 0.2) is 0 Å². The zero-order chi connectivity index (χ0) is 5.21. The molecule has 0 amide bonds. The van der Waals surface area contributed by atoms with Crippen LogP contribution in [0.4, 0.5) is 0 Å². The van der Waals surface area contributed by atoms with E-state index >= 15 is 0 Å². The van der Waals surface area contributed by atoms with Gasteiger partial charge < -0.3 is 15.3 Å². The van der Waals surface area contributed by atoms with Gasteiger partial charge in [-0.1, -0.05) is 0 Å². The molecule has 3 heteroatoms. The highest BCUT2D eigenvalue weighted by atomic mass is 16.7. The van der Waals surface area contributed by atoms with E-state index in [9.17, 15) is 0 Å². The molecular formula is C3H6O3. The molecule has 0 heterocycles. The second-order valence-corrected chi connectivity index (χ2v) is 0.978. The second kappa shape index (κ2) is 1.55. The van der Waals surface area contributed by atoms with Crippen molar-refractivity contribution in [2.24, 2.45) is 0 Å². The Hall–Kier alpha value is -0.120. The highest BCUT2D eigenvalue weighted by Gasteiger charge is 2.12. The van der Waals surface area contributed by atoms with Crippen molar-refractivity contribution in [2.75, 3.05) is 0 Å². The number of hydrogen-bond donors (Lipinski definition) is 3. The van der Waals surface area contributed by atoms with Gasteiger partial charge in [0.2, 0.25) is 0 Å². The van der Waals surface area contributed by atoms with Gasteiger partial charge in [0, 0.05) is 6.42 Å². The maximum atomic E-state index is 7.81. The first-order valence-corrected chi connectivity index (χ1v) is 1.43. The summed E-state index contributed by atoms with van der Waals surface area (Å²) in [4.78, 5) is 0. The fourth-order valence-electron chi connectivity index (χ4n) is 0. The van der Waals surface area contributed by atoms with E-state index in [1.165, 1.54) is 0 Å². The van der Waals surface area contributed by atoms with Crippen LogP contribution in [0.3, 0.4) is 0 Å². The van der Waals surface area contributed by atoms with Crippen LogP contribution in [-0.2, 0) is 0 Å². The molecule has 0 bridgehead atoms. The van der Waals surface area contributed by atoms with E-state index < -0.39 is 12.4 Å². The lowest BCUT2D eigenvalue weighted by molar-refractivity contribution is -0.308. The van der Waals surface area contributed by atoms with Gasteiger partial charge >= 0.3 is 0 Å². The van der Waals surface area contributed by atoms with Crippen LogP contribution >= 0.6 is 0 Å². The Morgan fingerprint density at radius 2 is 1.50 bits per heavy atom. The van der Waals surface area contributed by atoms with Crippen molar-refractivity contribution in [3.05, 3.63) is 6.92 Å². The van der Waals surface area contributed by atoms with Gasteiger partial charge in [0.25, 0.3) is 5.97 Å². The summed E-state index contributed by atoms with van der Waals surface area (Å²) in [5.41, 5.74) is 0. The van der Waals surface area contributed by atoms with Crippen molar-refractivity contribution < 1.29 is 15.3 Å². The van der Waals surface area contributed by atoms with E-state index in [2.05, 4.69) is 6.92 Å². The van der Waals surface area contributed by atoms with Crippen LogP contribution in [-0.4, -0.2) is 21.3 Å². The van der Waals surface area contributed by atoms with Crippen LogP contribution < -0.4 is 0 Å². The molecule has 3 N–H and O–H groups in total. The lowest BCUT2D eigenvalue weighted by Gasteiger charge is -2.07. The van der Waals surface area contributed by atoms with Crippen molar-refractivity contribution in [3.63, 3.8) is 0 Å². The Kier molecular flexibility index (Phi) is 1.52. The molecule has 0 spiro atoms. The molecule has 0 aromatic rings. The summed E-state index contributed by atoms with van der Waals surface area (Å²) in [6.45, 7) is 4.56. The van der Waals surface area contributed by atoms with Crippen molar-refractivity contribution in [3.8, 4) is 0 Å². The van der Waals surface area contributed by atoms with Crippen molar-refractivity contribution in [1.82, 2.24) is 0 Å². The summed E-state index contributed by atoms with van der Waals surface area (Å²) >= 11 is 0. The van der Waals surface area contributed by atoms with Crippen molar-refractivity contribution >= 4 is 0 Å². The first-order valence-electron chi connectivity index (χ1n) is 1.43. The Labute approximate surface area is 35.9 Å². The Morgan fingerprint density at radius 3 is 1.50 bits per heavy atom. The first kappa shape index (κ1) is 5.88. The number of rotatable bonds is 1. The van der Waals surface area contributed by atoms with E-state index in [1.807, 2.05) is 0 Å². The predicted molar refractivity (Wildman–Crippen MR) is 18.3 cm³/mol. The first-order chi connectivity index (χ1) is 2.56. The fourth-order valence-corrected chi connectivity index (χ4v) is 0. The van der Waals surface area contributed by atoms with E-state index in [0.717, 1.165) is 0 Å². The molecule has 0 saturated heterocycles. The van der Waals surface area contributed by atoms with Crippen LogP contribution in [0.25, 0.3) is 0 Å². The lowest BCUT2D eigenvalue weighted by Crippen LogP contribution is -2.25. The average molecular weight is 90.1 g/mol. The minimum Gasteiger partial charge on any atom is -0.344 e. The minimum atomic E-state index is -2.68. The molecular weight excluding hydrogens is 84.0 g/mol. The molecule has 0 aliphatic heterocycles. The normalized spacial score (nSPS) is 12.0. The zero-order valence-corrected chi connectivity index (χ0v) is 3.13. The molecule has 0 aromatic carbocycles. The standard InChI is InChI=1S/C3H6O3/c1-2-3(4,5)6/h1,4-6H,2H2. The van der Waals surface area contributed by atoms with Crippen molar-refractivity contribution in [1.29, 1.82) is 0 Å². The molecule has 6 heavy (non-hydrogen) atoms. The maximum Gasteiger partial charge on any atom is 0.275 e. The van der Waals surface area contributed by atoms with E-state index in [1.54, 1.807) is 0 Å². The molecule has 0 unspecified atom stereocenters. The molecule has 36 valence electrons. The van der Waals surface area contributed by atoms with Gasteiger partial charge in [0.15, 0.2) is 0 Å². The third-order valence-electron chi connectivity index (χ3n) is 0.274. The lowest BCUT2D eigenvalue weighted by atomic mass is 10.4. The summed E-state index contributed by atoms with van der Waals surface area (Å²) in [6, 6.07) is 0. The quantitative estimate of drug-likeness (QED) is 0.351. The monoisotopic (exact) mass is 90.0 g/mol. The second-order valence-electron chi connectivity index (χ2n) is 0.978. The molecule has 0 fully saturated rings. The molecule has 0 aromatic heterocycles. The van der Waals surface area contributed by atoms with Crippen LogP contribution in [0, 0.1) is 6.92 Å². The summed E-state index contributed by atoms with van der Waals surface area (Å²) in [6.07, 6.45) is -0.562. The van der Waals surface area contributed by atoms with Gasteiger partial charge in [0.1, 0.15) is 0 Å². The summed E-state index contributed by atoms with van der Waals surface area (Å²) in [5, 5.41) is 23.4. The van der Waals surface area contributed by atoms with Crippen LogP contribution in [0.5, 0.6) is 0 Å². The van der Waals surface area contributed by atoms with Gasteiger partial charge in [-0.25, -0.2) is 0 Å². The molecule has 2 radical (unpaired) electrons. The average Bonchev–Trinajstić information content (AvgIpc) is 1.35. The van der Waals surface area contributed by atoms with Crippen LogP contribution in [0.1, 0.15) is 6.42 Å². The zero-order valence-electron chi connectivity index (χ0n) is 3.13. The molecule has 0 aliphatic carbocycles. The maximum absolute atomic E-state index is 7.81. The molecule has 0 rings (SSSR count).